The lowest BCUT2D eigenvalue weighted by Gasteiger charge is -2.29. The lowest BCUT2D eigenvalue weighted by atomic mass is 10.1. The molecule has 0 atom stereocenters. The molecule has 5 heteroatoms. The lowest BCUT2D eigenvalue weighted by Crippen LogP contribution is -2.39. The summed E-state index contributed by atoms with van der Waals surface area (Å²) in [7, 11) is 0. The first-order valence-corrected chi connectivity index (χ1v) is 8.25. The number of alkyl halides is 1. The molecule has 1 saturated heterocycles. The minimum atomic E-state index is 0.148. The van der Waals surface area contributed by atoms with Crippen molar-refractivity contribution in [1.82, 2.24) is 4.90 Å². The van der Waals surface area contributed by atoms with Crippen LogP contribution in [0.2, 0.25) is 0 Å². The van der Waals surface area contributed by atoms with E-state index in [0.717, 1.165) is 39.5 Å². The first-order chi connectivity index (χ1) is 8.08. The quantitative estimate of drug-likeness (QED) is 0.446. The zero-order chi connectivity index (χ0) is 12.4. The molecule has 2 rings (SSSR count). The van der Waals surface area contributed by atoms with Crippen LogP contribution in [0.15, 0.2) is 22.7 Å². The van der Waals surface area contributed by atoms with Crippen molar-refractivity contribution in [2.45, 2.75) is 17.7 Å². The van der Waals surface area contributed by atoms with Crippen LogP contribution in [0, 0.1) is 3.57 Å². The Morgan fingerprint density at radius 2 is 2.00 bits per heavy atom. The standard InChI is InChI=1S/C12H12Br2INO/c13-8-3-5-16(6-4-8)12(17)10-7-9(14)1-2-11(10)15/h1-2,7-8H,3-6H2. The summed E-state index contributed by atoms with van der Waals surface area (Å²) in [6.07, 6.45) is 2.08. The Kier molecular flexibility index (Phi) is 4.88. The molecular formula is C12H12Br2INO. The Bertz CT molecular complexity index is 431. The van der Waals surface area contributed by atoms with Crippen LogP contribution in [0.25, 0.3) is 0 Å². The first kappa shape index (κ1) is 13.8. The molecule has 0 radical (unpaired) electrons. The number of rotatable bonds is 1. The molecule has 1 fully saturated rings. The molecule has 0 bridgehead atoms. The number of halogens is 3. The fraction of sp³-hybridized carbons (Fsp3) is 0.417. The molecular weight excluding hydrogens is 461 g/mol. The van der Waals surface area contributed by atoms with Gasteiger partial charge in [0.25, 0.3) is 5.91 Å². The highest BCUT2D eigenvalue weighted by Crippen LogP contribution is 2.23. The van der Waals surface area contributed by atoms with E-state index in [1.54, 1.807) is 0 Å². The first-order valence-electron chi connectivity index (χ1n) is 5.46. The van der Waals surface area contributed by atoms with Crippen LogP contribution in [-0.2, 0) is 0 Å². The SMILES string of the molecule is O=C(c1cc(Br)ccc1I)N1CCC(Br)CC1. The van der Waals surface area contributed by atoms with Gasteiger partial charge in [0.05, 0.1) is 5.56 Å². The lowest BCUT2D eigenvalue weighted by molar-refractivity contribution is 0.0727. The van der Waals surface area contributed by atoms with E-state index in [-0.39, 0.29) is 5.91 Å². The fourth-order valence-corrected chi connectivity index (χ4v) is 3.22. The molecule has 1 heterocycles. The van der Waals surface area contributed by atoms with Gasteiger partial charge in [-0.2, -0.15) is 0 Å². The van der Waals surface area contributed by atoms with Crippen molar-refractivity contribution in [2.75, 3.05) is 13.1 Å². The summed E-state index contributed by atoms with van der Waals surface area (Å²) in [5.41, 5.74) is 0.799. The largest absolute Gasteiger partial charge is 0.339 e. The van der Waals surface area contributed by atoms with Gasteiger partial charge in [-0.15, -0.1) is 0 Å². The number of benzene rings is 1. The Hall–Kier alpha value is 0.380. The molecule has 0 aromatic heterocycles. The summed E-state index contributed by atoms with van der Waals surface area (Å²) >= 11 is 9.23. The van der Waals surface area contributed by atoms with Crippen molar-refractivity contribution >= 4 is 60.4 Å². The molecule has 92 valence electrons. The van der Waals surface area contributed by atoms with Gasteiger partial charge in [0, 0.05) is 26.0 Å². The third-order valence-electron chi connectivity index (χ3n) is 2.87. The van der Waals surface area contributed by atoms with E-state index >= 15 is 0 Å². The van der Waals surface area contributed by atoms with Gasteiger partial charge in [-0.05, 0) is 53.6 Å². The molecule has 17 heavy (non-hydrogen) atoms. The van der Waals surface area contributed by atoms with Gasteiger partial charge in [-0.25, -0.2) is 0 Å². The van der Waals surface area contributed by atoms with E-state index < -0.39 is 0 Å². The third kappa shape index (κ3) is 3.44. The highest BCUT2D eigenvalue weighted by Gasteiger charge is 2.23. The van der Waals surface area contributed by atoms with E-state index in [2.05, 4.69) is 54.5 Å². The molecule has 1 amide bonds. The van der Waals surface area contributed by atoms with Gasteiger partial charge in [-0.1, -0.05) is 31.9 Å². The molecule has 0 aliphatic carbocycles. The molecule has 1 aromatic carbocycles. The van der Waals surface area contributed by atoms with Gasteiger partial charge in [0.2, 0.25) is 0 Å². The van der Waals surface area contributed by atoms with Crippen LogP contribution in [0.5, 0.6) is 0 Å². The zero-order valence-electron chi connectivity index (χ0n) is 9.13. The van der Waals surface area contributed by atoms with Crippen LogP contribution < -0.4 is 0 Å². The summed E-state index contributed by atoms with van der Waals surface area (Å²) < 4.78 is 1.97. The number of carbonyl (C=O) groups is 1. The molecule has 2 nitrogen and oxygen atoms in total. The Morgan fingerprint density at radius 3 is 2.65 bits per heavy atom. The average Bonchev–Trinajstić information content (AvgIpc) is 2.32. The average molecular weight is 473 g/mol. The van der Waals surface area contributed by atoms with E-state index in [1.807, 2.05) is 23.1 Å². The molecule has 1 aliphatic rings. The fourth-order valence-electron chi connectivity index (χ4n) is 1.88. The number of piperidine rings is 1. The van der Waals surface area contributed by atoms with Crippen LogP contribution in [0.3, 0.4) is 0 Å². The van der Waals surface area contributed by atoms with Crippen molar-refractivity contribution in [3.63, 3.8) is 0 Å². The highest BCUT2D eigenvalue weighted by molar-refractivity contribution is 14.1. The predicted octanol–water partition coefficient (Wildman–Crippen LogP) is 4.05. The van der Waals surface area contributed by atoms with Crippen LogP contribution in [0.1, 0.15) is 23.2 Å². The van der Waals surface area contributed by atoms with Crippen molar-refractivity contribution in [1.29, 1.82) is 0 Å². The van der Waals surface area contributed by atoms with Crippen LogP contribution in [-0.4, -0.2) is 28.7 Å². The summed E-state index contributed by atoms with van der Waals surface area (Å²) in [5.74, 6) is 0.148. The van der Waals surface area contributed by atoms with Gasteiger partial charge in [0.15, 0.2) is 0 Å². The summed E-state index contributed by atoms with van der Waals surface area (Å²) in [6.45, 7) is 1.69. The predicted molar refractivity (Wildman–Crippen MR) is 84.7 cm³/mol. The summed E-state index contributed by atoms with van der Waals surface area (Å²) in [4.78, 5) is 14.9. The Labute approximate surface area is 132 Å². The van der Waals surface area contributed by atoms with Gasteiger partial charge < -0.3 is 4.90 Å². The second-order valence-corrected chi connectivity index (χ2v) is 7.46. The van der Waals surface area contributed by atoms with E-state index in [4.69, 9.17) is 0 Å². The maximum absolute atomic E-state index is 12.4. The highest BCUT2D eigenvalue weighted by atomic mass is 127. The monoisotopic (exact) mass is 471 g/mol. The maximum atomic E-state index is 12.4. The second kappa shape index (κ2) is 6.02. The summed E-state index contributed by atoms with van der Waals surface area (Å²) in [5, 5.41) is 0. The molecule has 1 aromatic rings. The Morgan fingerprint density at radius 1 is 1.35 bits per heavy atom. The van der Waals surface area contributed by atoms with Gasteiger partial charge >= 0.3 is 0 Å². The minimum Gasteiger partial charge on any atom is -0.339 e. The number of amides is 1. The minimum absolute atomic E-state index is 0.148. The van der Waals surface area contributed by atoms with Crippen molar-refractivity contribution in [3.05, 3.63) is 31.8 Å². The third-order valence-corrected chi connectivity index (χ3v) is 5.22. The number of carbonyl (C=O) groups excluding carboxylic acids is 1. The molecule has 0 N–H and O–H groups in total. The van der Waals surface area contributed by atoms with Crippen molar-refractivity contribution in [3.8, 4) is 0 Å². The van der Waals surface area contributed by atoms with Crippen LogP contribution >= 0.6 is 54.5 Å². The number of likely N-dealkylation sites (tertiary alicyclic amines) is 1. The second-order valence-electron chi connectivity index (χ2n) is 4.09. The number of nitrogens with zero attached hydrogens (tertiary/aromatic N) is 1. The smallest absolute Gasteiger partial charge is 0.254 e. The van der Waals surface area contributed by atoms with Crippen LogP contribution in [0.4, 0.5) is 0 Å². The van der Waals surface area contributed by atoms with E-state index in [0.29, 0.717) is 4.83 Å². The Balaban J connectivity index is 2.16. The van der Waals surface area contributed by atoms with Gasteiger partial charge in [-0.3, -0.25) is 4.79 Å². The number of hydrogen-bond acceptors (Lipinski definition) is 1. The molecule has 0 unspecified atom stereocenters. The molecule has 1 aliphatic heterocycles. The topological polar surface area (TPSA) is 20.3 Å². The van der Waals surface area contributed by atoms with E-state index in [9.17, 15) is 4.79 Å². The van der Waals surface area contributed by atoms with Crippen molar-refractivity contribution < 1.29 is 4.79 Å². The number of hydrogen-bond donors (Lipinski definition) is 0. The molecule has 0 saturated carbocycles. The van der Waals surface area contributed by atoms with E-state index in [1.165, 1.54) is 0 Å². The van der Waals surface area contributed by atoms with Gasteiger partial charge in [0.1, 0.15) is 0 Å². The normalized spacial score (nSPS) is 17.2. The maximum Gasteiger partial charge on any atom is 0.254 e. The molecule has 0 spiro atoms. The summed E-state index contributed by atoms with van der Waals surface area (Å²) in [6, 6.07) is 5.84. The van der Waals surface area contributed by atoms with Crippen molar-refractivity contribution in [2.24, 2.45) is 0 Å². The zero-order valence-corrected chi connectivity index (χ0v) is 14.5.